The monoisotopic (exact) mass is 390 g/mol. The Morgan fingerprint density at radius 3 is 2.52 bits per heavy atom. The van der Waals surface area contributed by atoms with E-state index in [1.165, 1.54) is 0 Å². The van der Waals surface area contributed by atoms with Gasteiger partial charge in [0.05, 0.1) is 18.0 Å². The molecule has 2 aromatic carbocycles. The number of carbonyl (C=O) groups excluding carboxylic acids is 1. The lowest BCUT2D eigenvalue weighted by Gasteiger charge is -2.24. The molecular formula is C19H22N2O5S. The minimum Gasteiger partial charge on any atom is -0.454 e. The summed E-state index contributed by atoms with van der Waals surface area (Å²) in [6.45, 7) is 1.74. The number of hydrogen-bond donors (Lipinski definition) is 1. The second-order valence-electron chi connectivity index (χ2n) is 6.25. The molecule has 7 nitrogen and oxygen atoms in total. The zero-order chi connectivity index (χ0) is 19.4. The molecule has 0 aliphatic carbocycles. The number of sulfonamides is 1. The first-order chi connectivity index (χ1) is 12.9. The van der Waals surface area contributed by atoms with Gasteiger partial charge in [-0.2, -0.15) is 0 Å². The molecule has 8 heteroatoms. The Kier molecular flexibility index (Phi) is 5.55. The Labute approximate surface area is 158 Å². The van der Waals surface area contributed by atoms with Crippen molar-refractivity contribution in [3.8, 4) is 11.5 Å². The van der Waals surface area contributed by atoms with E-state index in [4.69, 9.17) is 9.47 Å². The number of fused-ring (bicyclic) bond motifs is 1. The molecule has 1 aliphatic rings. The van der Waals surface area contributed by atoms with Crippen molar-refractivity contribution in [1.82, 2.24) is 5.32 Å². The number of ether oxygens (including phenoxy) is 2. The first kappa shape index (κ1) is 19.0. The molecule has 0 saturated carbocycles. The van der Waals surface area contributed by atoms with Gasteiger partial charge in [-0.3, -0.25) is 9.10 Å². The van der Waals surface area contributed by atoms with Crippen molar-refractivity contribution < 1.29 is 22.7 Å². The second-order valence-corrected chi connectivity index (χ2v) is 8.15. The summed E-state index contributed by atoms with van der Waals surface area (Å²) >= 11 is 0. The zero-order valence-electron chi connectivity index (χ0n) is 15.2. The van der Waals surface area contributed by atoms with Crippen molar-refractivity contribution in [2.75, 3.05) is 23.9 Å². The molecule has 0 aromatic heterocycles. The lowest BCUT2D eigenvalue weighted by molar-refractivity contribution is -0.120. The van der Waals surface area contributed by atoms with Crippen LogP contribution in [0.25, 0.3) is 0 Å². The third-order valence-corrected chi connectivity index (χ3v) is 5.42. The van der Waals surface area contributed by atoms with Crippen LogP contribution in [0.4, 0.5) is 5.69 Å². The summed E-state index contributed by atoms with van der Waals surface area (Å²) in [5.74, 6) is 0.623. The summed E-state index contributed by atoms with van der Waals surface area (Å²) in [6.07, 6.45) is 1.76. The minimum atomic E-state index is -3.66. The standard InChI is InChI=1S/C19H22N2O5S/c1-3-16(14-7-5-4-6-8-14)20-19(22)12-21(27(2,23)24)15-9-10-17-18(11-15)26-13-25-17/h4-11,16H,3,12-13H2,1-2H3,(H,20,22)/t16-/m0/s1. The Morgan fingerprint density at radius 2 is 1.85 bits per heavy atom. The fourth-order valence-corrected chi connectivity index (χ4v) is 3.77. The van der Waals surface area contributed by atoms with E-state index in [-0.39, 0.29) is 25.3 Å². The van der Waals surface area contributed by atoms with Gasteiger partial charge in [0, 0.05) is 6.07 Å². The van der Waals surface area contributed by atoms with Crippen molar-refractivity contribution in [1.29, 1.82) is 0 Å². The second kappa shape index (κ2) is 7.87. The lowest BCUT2D eigenvalue weighted by atomic mass is 10.0. The lowest BCUT2D eigenvalue weighted by Crippen LogP contribution is -2.41. The highest BCUT2D eigenvalue weighted by Crippen LogP contribution is 2.36. The smallest absolute Gasteiger partial charge is 0.241 e. The van der Waals surface area contributed by atoms with Crippen LogP contribution in [0.5, 0.6) is 11.5 Å². The van der Waals surface area contributed by atoms with E-state index in [0.29, 0.717) is 23.6 Å². The average molecular weight is 390 g/mol. The molecule has 0 unspecified atom stereocenters. The maximum atomic E-state index is 12.6. The molecule has 3 rings (SSSR count). The number of amides is 1. The minimum absolute atomic E-state index is 0.0907. The third kappa shape index (κ3) is 4.51. The highest BCUT2D eigenvalue weighted by Gasteiger charge is 2.24. The van der Waals surface area contributed by atoms with Crippen LogP contribution in [0, 0.1) is 0 Å². The van der Waals surface area contributed by atoms with Gasteiger partial charge in [-0.05, 0) is 24.1 Å². The van der Waals surface area contributed by atoms with Crippen LogP contribution >= 0.6 is 0 Å². The Balaban J connectivity index is 1.78. The molecule has 27 heavy (non-hydrogen) atoms. The van der Waals surface area contributed by atoms with Gasteiger partial charge in [0.2, 0.25) is 22.7 Å². The van der Waals surface area contributed by atoms with Gasteiger partial charge in [0.15, 0.2) is 11.5 Å². The quantitative estimate of drug-likeness (QED) is 0.785. The Morgan fingerprint density at radius 1 is 1.15 bits per heavy atom. The van der Waals surface area contributed by atoms with E-state index in [9.17, 15) is 13.2 Å². The number of nitrogens with one attached hydrogen (secondary N) is 1. The van der Waals surface area contributed by atoms with Crippen molar-refractivity contribution in [2.24, 2.45) is 0 Å². The largest absolute Gasteiger partial charge is 0.454 e. The van der Waals surface area contributed by atoms with Crippen LogP contribution in [0.15, 0.2) is 48.5 Å². The van der Waals surface area contributed by atoms with Gasteiger partial charge in [-0.15, -0.1) is 0 Å². The molecule has 0 radical (unpaired) electrons. The van der Waals surface area contributed by atoms with Crippen LogP contribution in [0.1, 0.15) is 24.9 Å². The SMILES string of the molecule is CC[C@H](NC(=O)CN(c1ccc2c(c1)OCO2)S(C)(=O)=O)c1ccccc1. The number of anilines is 1. The summed E-state index contributed by atoms with van der Waals surface area (Å²) in [5, 5.41) is 2.91. The molecule has 0 spiro atoms. The maximum Gasteiger partial charge on any atom is 0.241 e. The van der Waals surface area contributed by atoms with Crippen LogP contribution in [-0.2, 0) is 14.8 Å². The van der Waals surface area contributed by atoms with E-state index in [2.05, 4.69) is 5.32 Å². The van der Waals surface area contributed by atoms with Crippen LogP contribution in [0.3, 0.4) is 0 Å². The average Bonchev–Trinajstić information content (AvgIpc) is 3.11. The van der Waals surface area contributed by atoms with Gasteiger partial charge in [-0.25, -0.2) is 8.42 Å². The predicted octanol–water partition coefficient (Wildman–Crippen LogP) is 2.45. The highest BCUT2D eigenvalue weighted by molar-refractivity contribution is 7.92. The normalized spacial score (nSPS) is 13.9. The summed E-state index contributed by atoms with van der Waals surface area (Å²) in [6, 6.07) is 14.2. The summed E-state index contributed by atoms with van der Waals surface area (Å²) in [4.78, 5) is 12.6. The molecule has 0 fully saturated rings. The molecule has 1 N–H and O–H groups in total. The van der Waals surface area contributed by atoms with Crippen LogP contribution in [-0.4, -0.2) is 33.9 Å². The van der Waals surface area contributed by atoms with E-state index in [1.807, 2.05) is 37.3 Å². The van der Waals surface area contributed by atoms with Crippen molar-refractivity contribution in [2.45, 2.75) is 19.4 Å². The molecule has 1 heterocycles. The Bertz CT molecular complexity index is 915. The molecule has 1 amide bonds. The van der Waals surface area contributed by atoms with Crippen LogP contribution < -0.4 is 19.1 Å². The predicted molar refractivity (Wildman–Crippen MR) is 102 cm³/mol. The van der Waals surface area contributed by atoms with Gasteiger partial charge >= 0.3 is 0 Å². The van der Waals surface area contributed by atoms with Crippen molar-refractivity contribution >= 4 is 21.6 Å². The van der Waals surface area contributed by atoms with Gasteiger partial charge in [0.1, 0.15) is 6.54 Å². The highest BCUT2D eigenvalue weighted by atomic mass is 32.2. The number of carbonyl (C=O) groups is 1. The van der Waals surface area contributed by atoms with E-state index >= 15 is 0 Å². The molecular weight excluding hydrogens is 368 g/mol. The van der Waals surface area contributed by atoms with Gasteiger partial charge < -0.3 is 14.8 Å². The summed E-state index contributed by atoms with van der Waals surface area (Å²) in [7, 11) is -3.66. The fourth-order valence-electron chi connectivity index (χ4n) is 2.92. The van der Waals surface area contributed by atoms with Crippen LogP contribution in [0.2, 0.25) is 0 Å². The van der Waals surface area contributed by atoms with Crippen molar-refractivity contribution in [3.05, 3.63) is 54.1 Å². The molecule has 0 saturated heterocycles. The first-order valence-corrected chi connectivity index (χ1v) is 10.4. The summed E-state index contributed by atoms with van der Waals surface area (Å²) < 4.78 is 36.1. The molecule has 2 aromatic rings. The van der Waals surface area contributed by atoms with Crippen molar-refractivity contribution in [3.63, 3.8) is 0 Å². The maximum absolute atomic E-state index is 12.6. The fraction of sp³-hybridized carbons (Fsp3) is 0.316. The van der Waals surface area contributed by atoms with E-state index in [0.717, 1.165) is 16.1 Å². The number of benzene rings is 2. The molecule has 1 aliphatic heterocycles. The van der Waals surface area contributed by atoms with E-state index < -0.39 is 10.0 Å². The molecule has 144 valence electrons. The topological polar surface area (TPSA) is 84.9 Å². The number of rotatable bonds is 7. The summed E-state index contributed by atoms with van der Waals surface area (Å²) in [5.41, 5.74) is 1.33. The number of hydrogen-bond acceptors (Lipinski definition) is 5. The zero-order valence-corrected chi connectivity index (χ0v) is 16.0. The number of nitrogens with zero attached hydrogens (tertiary/aromatic N) is 1. The third-order valence-electron chi connectivity index (χ3n) is 4.28. The molecule has 0 bridgehead atoms. The van der Waals surface area contributed by atoms with E-state index in [1.54, 1.807) is 18.2 Å². The van der Waals surface area contributed by atoms with Gasteiger partial charge in [0.25, 0.3) is 0 Å². The first-order valence-electron chi connectivity index (χ1n) is 8.60. The molecule has 1 atom stereocenters. The Hall–Kier alpha value is -2.74. The van der Waals surface area contributed by atoms with Gasteiger partial charge in [-0.1, -0.05) is 37.3 Å².